The molecule has 7 heteroatoms. The fourth-order valence-corrected chi connectivity index (χ4v) is 4.47. The molecule has 0 saturated heterocycles. The molecule has 1 amide bonds. The van der Waals surface area contributed by atoms with E-state index in [1.54, 1.807) is 24.3 Å². The first-order valence-corrected chi connectivity index (χ1v) is 10.4. The molecule has 2 aromatic rings. The van der Waals surface area contributed by atoms with Crippen molar-refractivity contribution in [2.45, 2.75) is 43.0 Å². The van der Waals surface area contributed by atoms with E-state index in [2.05, 4.69) is 10.0 Å². The van der Waals surface area contributed by atoms with Gasteiger partial charge >= 0.3 is 0 Å². The van der Waals surface area contributed by atoms with E-state index in [1.807, 2.05) is 6.07 Å². The number of sulfonamides is 1. The minimum absolute atomic E-state index is 0.0147. The van der Waals surface area contributed by atoms with Gasteiger partial charge in [0.1, 0.15) is 0 Å². The summed E-state index contributed by atoms with van der Waals surface area (Å²) in [6, 6.07) is 14.4. The van der Waals surface area contributed by atoms with Gasteiger partial charge in [-0.25, -0.2) is 13.1 Å². The van der Waals surface area contributed by atoms with E-state index < -0.39 is 10.0 Å². The first-order chi connectivity index (χ1) is 13.0. The van der Waals surface area contributed by atoms with Gasteiger partial charge in [-0.1, -0.05) is 25.3 Å². The van der Waals surface area contributed by atoms with Gasteiger partial charge in [-0.15, -0.1) is 0 Å². The van der Waals surface area contributed by atoms with Crippen molar-refractivity contribution in [3.63, 3.8) is 0 Å². The number of amides is 1. The van der Waals surface area contributed by atoms with Gasteiger partial charge in [-0.2, -0.15) is 5.26 Å². The van der Waals surface area contributed by atoms with Crippen molar-refractivity contribution in [1.29, 1.82) is 5.26 Å². The molecule has 0 unspecified atom stereocenters. The van der Waals surface area contributed by atoms with Crippen LogP contribution in [0.5, 0.6) is 0 Å². The summed E-state index contributed by atoms with van der Waals surface area (Å²) in [6.45, 7) is 0. The second-order valence-corrected chi connectivity index (χ2v) is 8.34. The van der Waals surface area contributed by atoms with E-state index in [-0.39, 0.29) is 16.8 Å². The lowest BCUT2D eigenvalue weighted by molar-refractivity contribution is 0.102. The molecule has 140 valence electrons. The molecule has 1 saturated carbocycles. The first kappa shape index (κ1) is 19.1. The fraction of sp³-hybridized carbons (Fsp3) is 0.300. The molecule has 2 N–H and O–H groups in total. The number of nitrogens with zero attached hydrogens (tertiary/aromatic N) is 1. The molecule has 0 aromatic heterocycles. The lowest BCUT2D eigenvalue weighted by Gasteiger charge is -2.22. The van der Waals surface area contributed by atoms with Crippen LogP contribution >= 0.6 is 0 Å². The number of anilines is 1. The molecule has 0 aliphatic heterocycles. The number of hydrogen-bond acceptors (Lipinski definition) is 4. The van der Waals surface area contributed by atoms with Crippen LogP contribution in [0.15, 0.2) is 53.4 Å². The molecular weight excluding hydrogens is 362 g/mol. The molecule has 0 spiro atoms. The summed E-state index contributed by atoms with van der Waals surface area (Å²) in [4.78, 5) is 12.5. The number of nitrogens with one attached hydrogen (secondary N) is 2. The second-order valence-electron chi connectivity index (χ2n) is 6.63. The fourth-order valence-electron chi connectivity index (χ4n) is 3.16. The van der Waals surface area contributed by atoms with Gasteiger partial charge < -0.3 is 5.32 Å². The maximum Gasteiger partial charge on any atom is 0.255 e. The third-order valence-corrected chi connectivity index (χ3v) is 6.14. The summed E-state index contributed by atoms with van der Waals surface area (Å²) in [5.74, 6) is -0.366. The highest BCUT2D eigenvalue weighted by Gasteiger charge is 2.22. The Kier molecular flexibility index (Phi) is 5.89. The lowest BCUT2D eigenvalue weighted by atomic mass is 9.96. The zero-order chi connectivity index (χ0) is 19.3. The Morgan fingerprint density at radius 3 is 2.41 bits per heavy atom. The molecule has 0 heterocycles. The van der Waals surface area contributed by atoms with Crippen LogP contribution in [0, 0.1) is 11.3 Å². The van der Waals surface area contributed by atoms with Crippen LogP contribution in [-0.4, -0.2) is 20.4 Å². The van der Waals surface area contributed by atoms with Crippen molar-refractivity contribution in [3.8, 4) is 6.07 Å². The van der Waals surface area contributed by atoms with Crippen LogP contribution < -0.4 is 10.0 Å². The molecule has 27 heavy (non-hydrogen) atoms. The lowest BCUT2D eigenvalue weighted by Crippen LogP contribution is -2.36. The van der Waals surface area contributed by atoms with E-state index in [9.17, 15) is 13.2 Å². The Balaban J connectivity index is 1.68. The maximum atomic E-state index is 12.5. The standard InChI is InChI=1S/C20H21N3O3S/c21-14-15-5-4-8-18(13-15)22-20(24)16-9-11-19(12-10-16)27(25,26)23-17-6-2-1-3-7-17/h4-5,8-13,17,23H,1-3,6-7H2,(H,22,24). The average Bonchev–Trinajstić information content (AvgIpc) is 2.68. The summed E-state index contributed by atoms with van der Waals surface area (Å²) >= 11 is 0. The third kappa shape index (κ3) is 4.94. The highest BCUT2D eigenvalue weighted by atomic mass is 32.2. The van der Waals surface area contributed by atoms with Gasteiger partial charge in [-0.05, 0) is 55.3 Å². The van der Waals surface area contributed by atoms with Crippen molar-refractivity contribution in [2.24, 2.45) is 0 Å². The second kappa shape index (κ2) is 8.33. The topological polar surface area (TPSA) is 99.1 Å². The van der Waals surface area contributed by atoms with Crippen LogP contribution in [0.1, 0.15) is 48.0 Å². The number of carbonyl (C=O) groups is 1. The summed E-state index contributed by atoms with van der Waals surface area (Å²) in [6.07, 6.45) is 4.96. The Morgan fingerprint density at radius 2 is 1.74 bits per heavy atom. The molecule has 1 fully saturated rings. The highest BCUT2D eigenvalue weighted by Crippen LogP contribution is 2.20. The Hall–Kier alpha value is -2.69. The number of hydrogen-bond donors (Lipinski definition) is 2. The number of carbonyl (C=O) groups excluding carboxylic acids is 1. The van der Waals surface area contributed by atoms with Crippen molar-refractivity contribution < 1.29 is 13.2 Å². The third-order valence-electron chi connectivity index (χ3n) is 4.60. The normalized spacial score (nSPS) is 15.1. The summed E-state index contributed by atoms with van der Waals surface area (Å²) < 4.78 is 27.8. The quantitative estimate of drug-likeness (QED) is 0.826. The van der Waals surface area contributed by atoms with Crippen molar-refractivity contribution in [2.75, 3.05) is 5.32 Å². The Bertz CT molecular complexity index is 957. The smallest absolute Gasteiger partial charge is 0.255 e. The van der Waals surface area contributed by atoms with Gasteiger partial charge in [-0.3, -0.25) is 4.79 Å². The maximum absolute atomic E-state index is 12.5. The SMILES string of the molecule is N#Cc1cccc(NC(=O)c2ccc(S(=O)(=O)NC3CCCCC3)cc2)c1. The Morgan fingerprint density at radius 1 is 1.04 bits per heavy atom. The van der Waals surface area contributed by atoms with Gasteiger partial charge in [0.15, 0.2) is 0 Å². The van der Waals surface area contributed by atoms with E-state index in [0.29, 0.717) is 16.8 Å². The van der Waals surface area contributed by atoms with E-state index in [1.165, 1.54) is 24.3 Å². The molecule has 0 atom stereocenters. The van der Waals surface area contributed by atoms with E-state index >= 15 is 0 Å². The largest absolute Gasteiger partial charge is 0.322 e. The van der Waals surface area contributed by atoms with Crippen LogP contribution in [0.4, 0.5) is 5.69 Å². The number of nitriles is 1. The summed E-state index contributed by atoms with van der Waals surface area (Å²) in [5, 5.41) is 11.6. The molecule has 6 nitrogen and oxygen atoms in total. The minimum Gasteiger partial charge on any atom is -0.322 e. The first-order valence-electron chi connectivity index (χ1n) is 8.92. The number of benzene rings is 2. The summed E-state index contributed by atoms with van der Waals surface area (Å²) in [7, 11) is -3.59. The van der Waals surface area contributed by atoms with Crippen LogP contribution in [0.3, 0.4) is 0 Å². The molecule has 1 aliphatic rings. The van der Waals surface area contributed by atoms with Gasteiger partial charge in [0.2, 0.25) is 10.0 Å². The van der Waals surface area contributed by atoms with Crippen molar-refractivity contribution in [1.82, 2.24) is 4.72 Å². The predicted molar refractivity (Wildman–Crippen MR) is 103 cm³/mol. The molecule has 3 rings (SSSR count). The van der Waals surface area contributed by atoms with Crippen LogP contribution in [0.2, 0.25) is 0 Å². The molecule has 1 aliphatic carbocycles. The molecule has 2 aromatic carbocycles. The zero-order valence-electron chi connectivity index (χ0n) is 14.8. The van der Waals surface area contributed by atoms with E-state index in [0.717, 1.165) is 32.1 Å². The Labute approximate surface area is 159 Å². The van der Waals surface area contributed by atoms with Crippen molar-refractivity contribution in [3.05, 3.63) is 59.7 Å². The van der Waals surface area contributed by atoms with Crippen LogP contribution in [0.25, 0.3) is 0 Å². The predicted octanol–water partition coefficient (Wildman–Crippen LogP) is 3.42. The zero-order valence-corrected chi connectivity index (χ0v) is 15.6. The van der Waals surface area contributed by atoms with Gasteiger partial charge in [0.05, 0.1) is 16.5 Å². The molecular formula is C20H21N3O3S. The average molecular weight is 383 g/mol. The molecule has 0 bridgehead atoms. The minimum atomic E-state index is -3.59. The van der Waals surface area contributed by atoms with Gasteiger partial charge in [0, 0.05) is 17.3 Å². The monoisotopic (exact) mass is 383 g/mol. The number of rotatable bonds is 5. The summed E-state index contributed by atoms with van der Waals surface area (Å²) in [5.41, 5.74) is 1.30. The van der Waals surface area contributed by atoms with Crippen LogP contribution in [-0.2, 0) is 10.0 Å². The van der Waals surface area contributed by atoms with Crippen molar-refractivity contribution >= 4 is 21.6 Å². The highest BCUT2D eigenvalue weighted by molar-refractivity contribution is 7.89. The molecule has 0 radical (unpaired) electrons. The van der Waals surface area contributed by atoms with E-state index in [4.69, 9.17) is 5.26 Å². The van der Waals surface area contributed by atoms with Gasteiger partial charge in [0.25, 0.3) is 5.91 Å².